The Bertz CT molecular complexity index is 1970. The first-order valence-corrected chi connectivity index (χ1v) is 18.0. The van der Waals surface area contributed by atoms with Crippen LogP contribution < -0.4 is 0 Å². The summed E-state index contributed by atoms with van der Waals surface area (Å²) in [6.07, 6.45) is 3.85. The molecule has 10 nitrogen and oxygen atoms in total. The Labute approximate surface area is 293 Å². The zero-order valence-corrected chi connectivity index (χ0v) is 28.8. The molecule has 264 valence electrons. The van der Waals surface area contributed by atoms with Gasteiger partial charge in [0.25, 0.3) is 0 Å². The average Bonchev–Trinajstić information content (AvgIpc) is 3.73. The number of aryl methyl sites for hydroxylation is 2. The summed E-state index contributed by atoms with van der Waals surface area (Å²) in [5.74, 6) is -4.06. The minimum Gasteiger partial charge on any atom is -0.341 e. The fraction of sp³-hybridized carbons (Fsp3) is 0.267. The number of nitrogens with zero attached hydrogens (tertiary/aromatic N) is 2. The number of hydrogen-bond donors (Lipinski definition) is 1. The molecule has 0 aliphatic carbocycles. The lowest BCUT2D eigenvalue weighted by Crippen LogP contribution is -2.11. The number of hydrogen-bond acceptors (Lipinski definition) is 7. The second-order valence-corrected chi connectivity index (χ2v) is 13.7. The SMILES string of the molecule is O=C(Cc1ccc(F)c(F)c1)c1c(Cl)cc2n1CCC2.O=C(Cc1ccc(F)c(F)c1)c1c(Cl)cc2n1CCC2.O=S(=O)(O)Cl.O=S(=O)=O. The molecule has 49 heavy (non-hydrogen) atoms. The first-order chi connectivity index (χ1) is 22.8. The van der Waals surface area contributed by atoms with E-state index in [-0.39, 0.29) is 24.4 Å². The normalized spacial score (nSPS) is 12.7. The third kappa shape index (κ3) is 11.8. The van der Waals surface area contributed by atoms with E-state index >= 15 is 0 Å². The predicted octanol–water partition coefficient (Wildman–Crippen LogP) is 6.61. The van der Waals surface area contributed by atoms with Gasteiger partial charge in [-0.2, -0.15) is 8.42 Å². The van der Waals surface area contributed by atoms with Gasteiger partial charge in [0, 0.05) is 48.0 Å². The molecule has 0 bridgehead atoms. The molecule has 2 aliphatic rings. The van der Waals surface area contributed by atoms with Crippen LogP contribution in [0.3, 0.4) is 0 Å². The van der Waals surface area contributed by atoms with E-state index in [1.165, 1.54) is 12.1 Å². The molecular formula is C30H25Cl3F4N2O8S2. The van der Waals surface area contributed by atoms with Crippen molar-refractivity contribution in [1.29, 1.82) is 0 Å². The molecule has 2 aliphatic heterocycles. The van der Waals surface area contributed by atoms with Crippen LogP contribution >= 0.6 is 33.9 Å². The van der Waals surface area contributed by atoms with Crippen LogP contribution in [-0.4, -0.2) is 46.3 Å². The fourth-order valence-electron chi connectivity index (χ4n) is 5.30. The zero-order valence-electron chi connectivity index (χ0n) is 24.9. The Balaban J connectivity index is 0.000000214. The van der Waals surface area contributed by atoms with Crippen molar-refractivity contribution in [2.24, 2.45) is 0 Å². The Kier molecular flexibility index (Phi) is 14.2. The number of carbonyl (C=O) groups is 2. The van der Waals surface area contributed by atoms with Crippen LogP contribution in [0.2, 0.25) is 10.0 Å². The maximum Gasteiger partial charge on any atom is 0.425 e. The topological polar surface area (TPSA) is 150 Å². The van der Waals surface area contributed by atoms with E-state index in [9.17, 15) is 27.2 Å². The van der Waals surface area contributed by atoms with Crippen LogP contribution in [-0.2, 0) is 58.7 Å². The smallest absolute Gasteiger partial charge is 0.341 e. The molecule has 0 radical (unpaired) electrons. The van der Waals surface area contributed by atoms with Gasteiger partial charge >= 0.3 is 19.9 Å². The number of aromatic nitrogens is 2. The molecule has 6 rings (SSSR count). The standard InChI is InChI=1S/2C15H12ClF2NO.ClHO3S.O3S/c2*16-11-8-10-2-1-5-19(10)15(11)14(20)7-9-3-4-12(17)13(18)6-9;1-5(2,3)4;1-4(2)3/h2*3-4,6,8H,1-2,5,7H2;(H,2,3,4);. The molecule has 0 saturated heterocycles. The highest BCUT2D eigenvalue weighted by Gasteiger charge is 2.24. The highest BCUT2D eigenvalue weighted by Crippen LogP contribution is 2.29. The highest BCUT2D eigenvalue weighted by molar-refractivity contribution is 8.09. The number of ketones is 2. The van der Waals surface area contributed by atoms with E-state index in [0.717, 1.165) is 74.4 Å². The van der Waals surface area contributed by atoms with Gasteiger partial charge in [-0.05, 0) is 73.2 Å². The van der Waals surface area contributed by atoms with Crippen LogP contribution in [0.1, 0.15) is 56.3 Å². The van der Waals surface area contributed by atoms with Gasteiger partial charge in [0.15, 0.2) is 34.8 Å². The minimum absolute atomic E-state index is 0.0143. The summed E-state index contributed by atoms with van der Waals surface area (Å²) in [5.41, 5.74) is 3.96. The van der Waals surface area contributed by atoms with Crippen LogP contribution in [0, 0.1) is 23.3 Å². The second kappa shape index (κ2) is 17.4. The molecule has 0 fully saturated rings. The van der Waals surface area contributed by atoms with Gasteiger partial charge in [-0.25, -0.2) is 17.6 Å². The quantitative estimate of drug-likeness (QED) is 0.0994. The zero-order chi connectivity index (χ0) is 36.6. The van der Waals surface area contributed by atoms with Crippen molar-refractivity contribution in [1.82, 2.24) is 9.13 Å². The predicted molar refractivity (Wildman–Crippen MR) is 171 cm³/mol. The molecule has 0 amide bonds. The molecule has 19 heteroatoms. The minimum atomic E-state index is -4.19. The average molecular weight is 788 g/mol. The maximum atomic E-state index is 13.2. The summed E-state index contributed by atoms with van der Waals surface area (Å²) in [7, 11) is -3.25. The van der Waals surface area contributed by atoms with Crippen molar-refractivity contribution < 1.29 is 52.7 Å². The molecule has 0 spiro atoms. The van der Waals surface area contributed by atoms with E-state index in [1.54, 1.807) is 0 Å². The lowest BCUT2D eigenvalue weighted by molar-refractivity contribution is 0.0976. The lowest BCUT2D eigenvalue weighted by Gasteiger charge is -2.06. The third-order valence-electron chi connectivity index (χ3n) is 7.13. The summed E-state index contributed by atoms with van der Waals surface area (Å²) in [4.78, 5) is 24.7. The molecule has 4 aromatic rings. The van der Waals surface area contributed by atoms with Gasteiger partial charge in [0.2, 0.25) is 0 Å². The number of benzene rings is 2. The molecule has 2 aromatic heterocycles. The maximum absolute atomic E-state index is 13.2. The second-order valence-electron chi connectivity index (χ2n) is 10.5. The van der Waals surface area contributed by atoms with Crippen molar-refractivity contribution in [3.63, 3.8) is 0 Å². The van der Waals surface area contributed by atoms with Gasteiger partial charge in [-0.15, -0.1) is 12.6 Å². The van der Waals surface area contributed by atoms with Crippen LogP contribution in [0.4, 0.5) is 17.6 Å². The van der Waals surface area contributed by atoms with Gasteiger partial charge in [-0.3, -0.25) is 14.1 Å². The van der Waals surface area contributed by atoms with Gasteiger partial charge in [0.05, 0.1) is 10.0 Å². The lowest BCUT2D eigenvalue weighted by atomic mass is 10.1. The van der Waals surface area contributed by atoms with E-state index in [2.05, 4.69) is 10.7 Å². The van der Waals surface area contributed by atoms with Crippen LogP contribution in [0.25, 0.3) is 0 Å². The Morgan fingerprint density at radius 1 is 0.694 bits per heavy atom. The summed E-state index contributed by atoms with van der Waals surface area (Å²) in [5, 5.41) is 0.875. The molecule has 0 atom stereocenters. The van der Waals surface area contributed by atoms with Gasteiger partial charge < -0.3 is 9.13 Å². The largest absolute Gasteiger partial charge is 0.425 e. The number of Topliss-reactive ketones (excluding diaryl/α,β-unsaturated/α-hetero) is 2. The Hall–Kier alpha value is -3.54. The molecule has 0 unspecified atom stereocenters. The monoisotopic (exact) mass is 786 g/mol. The Morgan fingerprint density at radius 2 is 1.02 bits per heavy atom. The van der Waals surface area contributed by atoms with E-state index in [0.29, 0.717) is 32.6 Å². The number of carbonyl (C=O) groups excluding carboxylic acids is 2. The molecule has 2 aromatic carbocycles. The van der Waals surface area contributed by atoms with Crippen molar-refractivity contribution in [2.45, 2.75) is 51.6 Å². The first kappa shape index (κ1) is 39.9. The fourth-order valence-corrected chi connectivity index (χ4v) is 5.96. The van der Waals surface area contributed by atoms with E-state index in [1.807, 2.05) is 21.3 Å². The third-order valence-corrected chi connectivity index (χ3v) is 7.70. The summed E-state index contributed by atoms with van der Waals surface area (Å²) in [6.45, 7) is 1.56. The molecule has 4 heterocycles. The highest BCUT2D eigenvalue weighted by atomic mass is 35.7. The molecular weight excluding hydrogens is 763 g/mol. The van der Waals surface area contributed by atoms with E-state index < -0.39 is 43.2 Å². The summed E-state index contributed by atoms with van der Waals surface area (Å²) in [6, 6.07) is 10.6. The molecule has 1 N–H and O–H groups in total. The van der Waals surface area contributed by atoms with Crippen molar-refractivity contribution in [2.75, 3.05) is 0 Å². The summed E-state index contributed by atoms with van der Waals surface area (Å²) >= 11 is 12.2. The molecule has 0 saturated carbocycles. The van der Waals surface area contributed by atoms with Crippen LogP contribution in [0.15, 0.2) is 48.5 Å². The van der Waals surface area contributed by atoms with Crippen molar-refractivity contribution in [3.05, 3.63) is 116 Å². The van der Waals surface area contributed by atoms with E-state index in [4.69, 9.17) is 48.8 Å². The van der Waals surface area contributed by atoms with Gasteiger partial charge in [-0.1, -0.05) is 35.3 Å². The number of fused-ring (bicyclic) bond motifs is 2. The number of rotatable bonds is 6. The van der Waals surface area contributed by atoms with Gasteiger partial charge in [0.1, 0.15) is 11.4 Å². The van der Waals surface area contributed by atoms with Crippen molar-refractivity contribution >= 4 is 65.4 Å². The van der Waals surface area contributed by atoms with Crippen LogP contribution in [0.5, 0.6) is 0 Å². The van der Waals surface area contributed by atoms with Crippen molar-refractivity contribution in [3.8, 4) is 0 Å². The number of halogens is 7. The summed E-state index contributed by atoms with van der Waals surface area (Å²) < 4.78 is 106. The first-order valence-electron chi connectivity index (χ1n) is 14.0. The Morgan fingerprint density at radius 3 is 1.33 bits per heavy atom.